The molecular formula is C15H12BrFN2S. The molecular weight excluding hydrogens is 339 g/mol. The smallest absolute Gasteiger partial charge is 0.162 e. The van der Waals surface area contributed by atoms with Gasteiger partial charge >= 0.3 is 0 Å². The van der Waals surface area contributed by atoms with Crippen LogP contribution in [0.15, 0.2) is 28.1 Å². The van der Waals surface area contributed by atoms with Crippen LogP contribution in [-0.2, 0) is 6.42 Å². The fourth-order valence-electron chi connectivity index (χ4n) is 2.69. The number of hydrogen-bond donors (Lipinski definition) is 0. The van der Waals surface area contributed by atoms with Gasteiger partial charge in [0.05, 0.1) is 21.8 Å². The van der Waals surface area contributed by atoms with E-state index in [-0.39, 0.29) is 16.3 Å². The maximum atomic E-state index is 14.5. The molecule has 0 radical (unpaired) electrons. The van der Waals surface area contributed by atoms with Crippen LogP contribution in [0.1, 0.15) is 29.0 Å². The lowest BCUT2D eigenvalue weighted by atomic mass is 10.0. The Balaban J connectivity index is 2.03. The van der Waals surface area contributed by atoms with Crippen molar-refractivity contribution in [3.63, 3.8) is 0 Å². The van der Waals surface area contributed by atoms with Crippen molar-refractivity contribution >= 4 is 33.0 Å². The van der Waals surface area contributed by atoms with Crippen LogP contribution in [0, 0.1) is 17.1 Å². The summed E-state index contributed by atoms with van der Waals surface area (Å²) in [5.74, 6) is -0.352. The number of rotatable bonds is 1. The molecule has 5 heteroatoms. The first kappa shape index (κ1) is 13.6. The molecule has 1 unspecified atom stereocenters. The second-order valence-electron chi connectivity index (χ2n) is 4.79. The minimum atomic E-state index is -0.352. The summed E-state index contributed by atoms with van der Waals surface area (Å²) < 4.78 is 14.7. The molecule has 1 atom stereocenters. The molecule has 1 aliphatic heterocycles. The average Bonchev–Trinajstić information content (AvgIpc) is 2.92. The van der Waals surface area contributed by atoms with E-state index < -0.39 is 0 Å². The molecule has 0 amide bonds. The minimum Gasteiger partial charge on any atom is -0.362 e. The molecule has 1 aromatic carbocycles. The van der Waals surface area contributed by atoms with Crippen molar-refractivity contribution < 1.29 is 4.39 Å². The SMILES string of the molecule is CC1c2ccsc2CCN1c1ccc(C#N)c(Br)c1F. The zero-order valence-electron chi connectivity index (χ0n) is 10.9. The van der Waals surface area contributed by atoms with Crippen LogP contribution in [-0.4, -0.2) is 6.54 Å². The summed E-state index contributed by atoms with van der Waals surface area (Å²) in [6.45, 7) is 2.89. The highest BCUT2D eigenvalue weighted by Gasteiger charge is 2.27. The maximum Gasteiger partial charge on any atom is 0.162 e. The van der Waals surface area contributed by atoms with E-state index in [2.05, 4.69) is 39.2 Å². The van der Waals surface area contributed by atoms with Gasteiger partial charge in [-0.25, -0.2) is 4.39 Å². The first-order valence-corrected chi connectivity index (χ1v) is 8.01. The predicted molar refractivity (Wildman–Crippen MR) is 82.6 cm³/mol. The van der Waals surface area contributed by atoms with Gasteiger partial charge in [-0.2, -0.15) is 5.26 Å². The molecule has 20 heavy (non-hydrogen) atoms. The number of halogens is 2. The van der Waals surface area contributed by atoms with Crippen LogP contribution < -0.4 is 4.90 Å². The molecule has 1 aromatic heterocycles. The third-order valence-electron chi connectivity index (χ3n) is 3.77. The van der Waals surface area contributed by atoms with Gasteiger partial charge in [0, 0.05) is 11.4 Å². The van der Waals surface area contributed by atoms with Crippen LogP contribution in [0.4, 0.5) is 10.1 Å². The monoisotopic (exact) mass is 350 g/mol. The van der Waals surface area contributed by atoms with Crippen LogP contribution in [0.25, 0.3) is 0 Å². The molecule has 0 bridgehead atoms. The molecule has 2 nitrogen and oxygen atoms in total. The van der Waals surface area contributed by atoms with Gasteiger partial charge in [0.2, 0.25) is 0 Å². The maximum absolute atomic E-state index is 14.5. The Bertz CT molecular complexity index is 704. The molecule has 3 rings (SSSR count). The Morgan fingerprint density at radius 1 is 1.45 bits per heavy atom. The summed E-state index contributed by atoms with van der Waals surface area (Å²) >= 11 is 4.95. The quantitative estimate of drug-likeness (QED) is 0.748. The summed E-state index contributed by atoms with van der Waals surface area (Å²) in [6.07, 6.45) is 0.939. The number of benzene rings is 1. The van der Waals surface area contributed by atoms with Crippen molar-refractivity contribution in [1.29, 1.82) is 5.26 Å². The Kier molecular flexibility index (Phi) is 3.53. The zero-order valence-corrected chi connectivity index (χ0v) is 13.3. The third kappa shape index (κ3) is 2.04. The van der Waals surface area contributed by atoms with Gasteiger partial charge in [-0.05, 0) is 58.4 Å². The second kappa shape index (κ2) is 5.19. The number of thiophene rings is 1. The van der Waals surface area contributed by atoms with Gasteiger partial charge in [0.25, 0.3) is 0 Å². The Morgan fingerprint density at radius 3 is 3.00 bits per heavy atom. The third-order valence-corrected chi connectivity index (χ3v) is 5.54. The van der Waals surface area contributed by atoms with E-state index in [9.17, 15) is 4.39 Å². The summed E-state index contributed by atoms with van der Waals surface area (Å²) in [7, 11) is 0. The number of fused-ring (bicyclic) bond motifs is 1. The number of anilines is 1. The van der Waals surface area contributed by atoms with Crippen molar-refractivity contribution in [2.45, 2.75) is 19.4 Å². The van der Waals surface area contributed by atoms with E-state index >= 15 is 0 Å². The number of nitrogens with zero attached hydrogens (tertiary/aromatic N) is 2. The second-order valence-corrected chi connectivity index (χ2v) is 6.58. The molecule has 0 aliphatic carbocycles. The molecule has 1 aliphatic rings. The molecule has 0 N–H and O–H groups in total. The fourth-order valence-corrected chi connectivity index (χ4v) is 4.07. The molecule has 0 spiro atoms. The summed E-state index contributed by atoms with van der Waals surface area (Å²) in [6, 6.07) is 7.62. The van der Waals surface area contributed by atoms with Crippen molar-refractivity contribution in [2.24, 2.45) is 0 Å². The van der Waals surface area contributed by atoms with Crippen LogP contribution in [0.3, 0.4) is 0 Å². The molecule has 2 aromatic rings. The largest absolute Gasteiger partial charge is 0.362 e. The van der Waals surface area contributed by atoms with Gasteiger partial charge in [0.1, 0.15) is 6.07 Å². The van der Waals surface area contributed by atoms with E-state index in [1.807, 2.05) is 6.07 Å². The lowest BCUT2D eigenvalue weighted by molar-refractivity contribution is 0.578. The van der Waals surface area contributed by atoms with Crippen molar-refractivity contribution in [2.75, 3.05) is 11.4 Å². The van der Waals surface area contributed by atoms with Crippen LogP contribution in [0.2, 0.25) is 0 Å². The van der Waals surface area contributed by atoms with E-state index in [0.29, 0.717) is 11.3 Å². The minimum absolute atomic E-state index is 0.152. The summed E-state index contributed by atoms with van der Waals surface area (Å²) in [5, 5.41) is 11.0. The van der Waals surface area contributed by atoms with E-state index in [1.165, 1.54) is 10.4 Å². The van der Waals surface area contributed by atoms with Gasteiger partial charge < -0.3 is 4.90 Å². The number of hydrogen-bond acceptors (Lipinski definition) is 3. The Morgan fingerprint density at radius 2 is 2.25 bits per heavy atom. The van der Waals surface area contributed by atoms with Gasteiger partial charge in [0.15, 0.2) is 5.82 Å². The van der Waals surface area contributed by atoms with Crippen molar-refractivity contribution in [1.82, 2.24) is 0 Å². The molecule has 0 fully saturated rings. The van der Waals surface area contributed by atoms with E-state index in [4.69, 9.17) is 5.26 Å². The normalized spacial score (nSPS) is 17.7. The van der Waals surface area contributed by atoms with Gasteiger partial charge in [-0.3, -0.25) is 0 Å². The van der Waals surface area contributed by atoms with Gasteiger partial charge in [-0.15, -0.1) is 11.3 Å². The van der Waals surface area contributed by atoms with Crippen molar-refractivity contribution in [3.8, 4) is 6.07 Å². The average molecular weight is 351 g/mol. The molecule has 102 valence electrons. The van der Waals surface area contributed by atoms with Crippen molar-refractivity contribution in [3.05, 3.63) is 49.9 Å². The van der Waals surface area contributed by atoms with Gasteiger partial charge in [-0.1, -0.05) is 0 Å². The zero-order chi connectivity index (χ0) is 14.3. The Hall–Kier alpha value is -1.38. The van der Waals surface area contributed by atoms with Crippen LogP contribution >= 0.6 is 27.3 Å². The fraction of sp³-hybridized carbons (Fsp3) is 0.267. The van der Waals surface area contributed by atoms with E-state index in [0.717, 1.165) is 13.0 Å². The summed E-state index contributed by atoms with van der Waals surface area (Å²) in [4.78, 5) is 3.46. The lowest BCUT2D eigenvalue weighted by Crippen LogP contribution is -2.33. The topological polar surface area (TPSA) is 27.0 Å². The molecule has 0 saturated heterocycles. The summed E-state index contributed by atoms with van der Waals surface area (Å²) in [5.41, 5.74) is 2.16. The standard InChI is InChI=1S/C15H12BrFN2S/c1-9-11-5-7-20-13(11)4-6-19(9)12-3-2-10(8-18)14(16)15(12)17/h2-3,5,7,9H,4,6H2,1H3. The Labute approximate surface area is 129 Å². The number of nitriles is 1. The first-order chi connectivity index (χ1) is 9.63. The van der Waals surface area contributed by atoms with E-state index in [1.54, 1.807) is 23.5 Å². The highest BCUT2D eigenvalue weighted by molar-refractivity contribution is 9.10. The highest BCUT2D eigenvalue weighted by atomic mass is 79.9. The van der Waals surface area contributed by atoms with Crippen LogP contribution in [0.5, 0.6) is 0 Å². The molecule has 2 heterocycles. The first-order valence-electron chi connectivity index (χ1n) is 6.34. The predicted octanol–water partition coefficient (Wildman–Crippen LogP) is 4.65. The lowest BCUT2D eigenvalue weighted by Gasteiger charge is -2.36. The highest BCUT2D eigenvalue weighted by Crippen LogP contribution is 2.38. The molecule has 0 saturated carbocycles.